The third-order valence-electron chi connectivity index (χ3n) is 2.47. The van der Waals surface area contributed by atoms with Gasteiger partial charge in [0, 0.05) is 15.9 Å². The molecule has 1 aromatic carbocycles. The smallest absolute Gasteiger partial charge is 0.197 e. The van der Waals surface area contributed by atoms with Crippen molar-refractivity contribution in [2.45, 2.75) is 0 Å². The first-order chi connectivity index (χ1) is 7.72. The quantitative estimate of drug-likeness (QED) is 0.604. The second-order valence-corrected chi connectivity index (χ2v) is 4.03. The van der Waals surface area contributed by atoms with Crippen LogP contribution in [-0.4, -0.2) is 15.0 Å². The van der Waals surface area contributed by atoms with E-state index in [4.69, 9.17) is 17.3 Å². The minimum atomic E-state index is 0.409. The molecule has 0 atom stereocenters. The molecule has 5 heteroatoms. The fourth-order valence-corrected chi connectivity index (χ4v) is 1.90. The molecule has 0 radical (unpaired) electrons. The zero-order valence-corrected chi connectivity index (χ0v) is 9.05. The molecular formula is C11H9ClN4. The Bertz CT molecular complexity index is 653. The van der Waals surface area contributed by atoms with E-state index in [1.165, 1.54) is 0 Å². The predicted octanol–water partition coefficient (Wildman–Crippen LogP) is 2.79. The van der Waals surface area contributed by atoms with Gasteiger partial charge in [-0.15, -0.1) is 0 Å². The van der Waals surface area contributed by atoms with Crippen LogP contribution in [0.1, 0.15) is 0 Å². The monoisotopic (exact) mass is 232 g/mol. The van der Waals surface area contributed by atoms with Gasteiger partial charge in [-0.3, -0.25) is 0 Å². The Kier molecular flexibility index (Phi) is 1.91. The molecule has 0 spiro atoms. The van der Waals surface area contributed by atoms with Crippen molar-refractivity contribution in [2.24, 2.45) is 0 Å². The number of H-pyrrole nitrogens is 2. The maximum absolute atomic E-state index is 5.92. The van der Waals surface area contributed by atoms with Crippen molar-refractivity contribution in [1.29, 1.82) is 0 Å². The van der Waals surface area contributed by atoms with Gasteiger partial charge in [0.05, 0.1) is 17.6 Å². The number of nitrogen functional groups attached to an aromatic ring is 1. The summed E-state index contributed by atoms with van der Waals surface area (Å²) in [7, 11) is 0. The van der Waals surface area contributed by atoms with Gasteiger partial charge in [0.15, 0.2) is 5.95 Å². The van der Waals surface area contributed by atoms with Crippen LogP contribution >= 0.6 is 11.6 Å². The van der Waals surface area contributed by atoms with E-state index in [9.17, 15) is 0 Å². The van der Waals surface area contributed by atoms with E-state index in [-0.39, 0.29) is 0 Å². The number of aromatic amines is 2. The molecule has 0 fully saturated rings. The van der Waals surface area contributed by atoms with Crippen molar-refractivity contribution < 1.29 is 0 Å². The number of nitrogens with zero attached hydrogens (tertiary/aromatic N) is 1. The first kappa shape index (κ1) is 9.30. The fourth-order valence-electron chi connectivity index (χ4n) is 1.72. The molecule has 0 aliphatic carbocycles. The van der Waals surface area contributed by atoms with Gasteiger partial charge in [-0.1, -0.05) is 11.6 Å². The number of halogens is 1. The third-order valence-corrected chi connectivity index (χ3v) is 2.70. The highest BCUT2D eigenvalue weighted by molar-refractivity contribution is 6.31. The van der Waals surface area contributed by atoms with Crippen LogP contribution in [0.25, 0.3) is 22.3 Å². The fraction of sp³-hybridized carbons (Fsp3) is 0. The average Bonchev–Trinajstić information content (AvgIpc) is 2.83. The maximum Gasteiger partial charge on any atom is 0.197 e. The Labute approximate surface area is 96.5 Å². The first-order valence-corrected chi connectivity index (χ1v) is 5.19. The molecule has 0 unspecified atom stereocenters. The molecule has 0 aliphatic heterocycles. The lowest BCUT2D eigenvalue weighted by Crippen LogP contribution is -1.85. The van der Waals surface area contributed by atoms with Crippen LogP contribution in [0.5, 0.6) is 0 Å². The van der Waals surface area contributed by atoms with Crippen LogP contribution < -0.4 is 5.73 Å². The van der Waals surface area contributed by atoms with Crippen LogP contribution in [-0.2, 0) is 0 Å². The van der Waals surface area contributed by atoms with E-state index >= 15 is 0 Å². The lowest BCUT2D eigenvalue weighted by Gasteiger charge is -1.90. The third kappa shape index (κ3) is 1.44. The Morgan fingerprint density at radius 2 is 2.00 bits per heavy atom. The van der Waals surface area contributed by atoms with E-state index in [2.05, 4.69) is 15.0 Å². The van der Waals surface area contributed by atoms with Gasteiger partial charge < -0.3 is 15.7 Å². The largest absolute Gasteiger partial charge is 0.369 e. The summed E-state index contributed by atoms with van der Waals surface area (Å²) in [6.45, 7) is 0. The molecule has 0 saturated heterocycles. The van der Waals surface area contributed by atoms with Gasteiger partial charge >= 0.3 is 0 Å². The maximum atomic E-state index is 5.92. The summed E-state index contributed by atoms with van der Waals surface area (Å²) < 4.78 is 0. The lowest BCUT2D eigenvalue weighted by molar-refractivity contribution is 1.32. The molecule has 0 bridgehead atoms. The topological polar surface area (TPSA) is 70.5 Å². The van der Waals surface area contributed by atoms with Crippen LogP contribution in [0.3, 0.4) is 0 Å². The summed E-state index contributed by atoms with van der Waals surface area (Å²) >= 11 is 5.92. The molecular weight excluding hydrogens is 224 g/mol. The molecule has 0 aliphatic rings. The number of imidazole rings is 1. The highest BCUT2D eigenvalue weighted by Crippen LogP contribution is 2.25. The number of rotatable bonds is 1. The van der Waals surface area contributed by atoms with E-state index in [0.717, 1.165) is 27.3 Å². The summed E-state index contributed by atoms with van der Waals surface area (Å²) in [5.74, 6) is 0.409. The number of hydrogen-bond acceptors (Lipinski definition) is 2. The van der Waals surface area contributed by atoms with Crippen LogP contribution in [0.15, 0.2) is 30.5 Å². The van der Waals surface area contributed by atoms with Gasteiger partial charge in [-0.25, -0.2) is 4.98 Å². The zero-order chi connectivity index (χ0) is 11.1. The summed E-state index contributed by atoms with van der Waals surface area (Å²) in [4.78, 5) is 10.2. The number of anilines is 1. The zero-order valence-electron chi connectivity index (χ0n) is 8.29. The summed E-state index contributed by atoms with van der Waals surface area (Å²) in [6.07, 6.45) is 1.70. The molecule has 80 valence electrons. The number of benzene rings is 1. The Morgan fingerprint density at radius 1 is 1.12 bits per heavy atom. The molecule has 4 nitrogen and oxygen atoms in total. The first-order valence-electron chi connectivity index (χ1n) is 4.81. The number of aromatic nitrogens is 3. The normalized spacial score (nSPS) is 11.1. The van der Waals surface area contributed by atoms with Gasteiger partial charge in [-0.05, 0) is 24.3 Å². The van der Waals surface area contributed by atoms with Gasteiger partial charge in [0.1, 0.15) is 0 Å². The molecule has 0 amide bonds. The van der Waals surface area contributed by atoms with Crippen molar-refractivity contribution in [3.05, 3.63) is 35.5 Å². The van der Waals surface area contributed by atoms with E-state index < -0.39 is 0 Å². The van der Waals surface area contributed by atoms with Crippen LogP contribution in [0.2, 0.25) is 5.02 Å². The minimum Gasteiger partial charge on any atom is -0.369 e. The average molecular weight is 233 g/mol. The Morgan fingerprint density at radius 3 is 2.75 bits per heavy atom. The SMILES string of the molecule is Nc1ncc(-c2cc3cc(Cl)ccc3[nH]2)[nH]1. The molecule has 4 N–H and O–H groups in total. The second-order valence-electron chi connectivity index (χ2n) is 3.60. The predicted molar refractivity (Wildman–Crippen MR) is 65.3 cm³/mol. The number of nitrogens with two attached hydrogens (primary N) is 1. The standard InChI is InChI=1S/C11H9ClN4/c12-7-1-2-8-6(3-7)4-9(15-8)10-5-14-11(13)16-10/h1-5,15H,(H3,13,14,16). The molecule has 3 aromatic rings. The van der Waals surface area contributed by atoms with Crippen molar-refractivity contribution >= 4 is 28.5 Å². The molecule has 16 heavy (non-hydrogen) atoms. The second kappa shape index (κ2) is 3.28. The number of hydrogen-bond donors (Lipinski definition) is 3. The van der Waals surface area contributed by atoms with Gasteiger partial charge in [0.25, 0.3) is 0 Å². The Balaban J connectivity index is 2.18. The Hall–Kier alpha value is -1.94. The summed E-state index contributed by atoms with van der Waals surface area (Å²) in [5.41, 5.74) is 8.38. The molecule has 2 heterocycles. The number of nitrogens with one attached hydrogen (secondary N) is 2. The van der Waals surface area contributed by atoms with Crippen molar-refractivity contribution in [3.8, 4) is 11.4 Å². The van der Waals surface area contributed by atoms with Gasteiger partial charge in [0.2, 0.25) is 0 Å². The van der Waals surface area contributed by atoms with E-state index in [1.807, 2.05) is 24.3 Å². The van der Waals surface area contributed by atoms with Gasteiger partial charge in [-0.2, -0.15) is 0 Å². The lowest BCUT2D eigenvalue weighted by atomic mass is 10.2. The van der Waals surface area contributed by atoms with Crippen molar-refractivity contribution in [2.75, 3.05) is 5.73 Å². The van der Waals surface area contributed by atoms with Crippen LogP contribution in [0.4, 0.5) is 5.95 Å². The summed E-state index contributed by atoms with van der Waals surface area (Å²) in [5, 5.41) is 1.79. The van der Waals surface area contributed by atoms with E-state index in [1.54, 1.807) is 6.20 Å². The van der Waals surface area contributed by atoms with E-state index in [0.29, 0.717) is 5.95 Å². The van der Waals surface area contributed by atoms with Crippen LogP contribution in [0, 0.1) is 0 Å². The molecule has 3 rings (SSSR count). The minimum absolute atomic E-state index is 0.409. The highest BCUT2D eigenvalue weighted by Gasteiger charge is 2.05. The highest BCUT2D eigenvalue weighted by atomic mass is 35.5. The summed E-state index contributed by atoms with van der Waals surface area (Å²) in [6, 6.07) is 7.72. The van der Waals surface area contributed by atoms with Crippen molar-refractivity contribution in [3.63, 3.8) is 0 Å². The molecule has 0 saturated carbocycles. The molecule has 2 aromatic heterocycles. The number of fused-ring (bicyclic) bond motifs is 1. The van der Waals surface area contributed by atoms with Crippen molar-refractivity contribution in [1.82, 2.24) is 15.0 Å².